The fourth-order valence-corrected chi connectivity index (χ4v) is 3.85. The Kier molecular flexibility index (Phi) is 5.39. The first-order chi connectivity index (χ1) is 13.7. The van der Waals surface area contributed by atoms with E-state index in [0.29, 0.717) is 12.2 Å². The molecule has 0 radical (unpaired) electrons. The van der Waals surface area contributed by atoms with Crippen molar-refractivity contribution in [1.82, 2.24) is 4.98 Å². The van der Waals surface area contributed by atoms with Gasteiger partial charge in [0.05, 0.1) is 5.75 Å². The Morgan fingerprint density at radius 3 is 2.46 bits per heavy atom. The number of hydrogen-bond donors (Lipinski definition) is 2. The quantitative estimate of drug-likeness (QED) is 0.378. The molecule has 1 aromatic heterocycles. The fraction of sp³-hybridized carbons (Fsp3) is 0.0909. The van der Waals surface area contributed by atoms with E-state index < -0.39 is 0 Å². The molecule has 0 bridgehead atoms. The number of carbonyl (C=O) groups is 1. The van der Waals surface area contributed by atoms with E-state index in [4.69, 9.17) is 0 Å². The number of halogens is 1. The summed E-state index contributed by atoms with van der Waals surface area (Å²) in [5, 5.41) is 3.71. The van der Waals surface area contributed by atoms with Gasteiger partial charge in [-0.05, 0) is 53.7 Å². The van der Waals surface area contributed by atoms with Crippen molar-refractivity contribution >= 4 is 34.4 Å². The first-order valence-electron chi connectivity index (χ1n) is 8.92. The summed E-state index contributed by atoms with van der Waals surface area (Å²) in [6.07, 6.45) is 0. The van der Waals surface area contributed by atoms with Crippen molar-refractivity contribution in [2.45, 2.75) is 11.7 Å². The van der Waals surface area contributed by atoms with E-state index in [-0.39, 0.29) is 17.5 Å². The van der Waals surface area contributed by atoms with E-state index in [0.717, 1.165) is 16.2 Å². The van der Waals surface area contributed by atoms with Gasteiger partial charge in [-0.2, -0.15) is 0 Å². The van der Waals surface area contributed by atoms with Crippen molar-refractivity contribution in [3.63, 3.8) is 0 Å². The van der Waals surface area contributed by atoms with Gasteiger partial charge < -0.3 is 5.32 Å². The van der Waals surface area contributed by atoms with Crippen LogP contribution in [0.2, 0.25) is 0 Å². The largest absolute Gasteiger partial charge is 0.325 e. The second-order valence-electron chi connectivity index (χ2n) is 6.36. The summed E-state index contributed by atoms with van der Waals surface area (Å²) in [6, 6.07) is 24.1. The molecular formula is C22H19FN3OS+. The number of benzene rings is 3. The van der Waals surface area contributed by atoms with Crippen LogP contribution in [0.25, 0.3) is 11.0 Å². The summed E-state index contributed by atoms with van der Waals surface area (Å²) in [5.74, 6) is -0.215. The number of rotatable bonds is 6. The van der Waals surface area contributed by atoms with Crippen LogP contribution in [0.15, 0.2) is 84.0 Å². The molecule has 28 heavy (non-hydrogen) atoms. The molecular weight excluding hydrogens is 373 g/mol. The third-order valence-corrected chi connectivity index (χ3v) is 5.34. The van der Waals surface area contributed by atoms with Gasteiger partial charge in [0.1, 0.15) is 12.4 Å². The lowest BCUT2D eigenvalue weighted by Gasteiger charge is -2.05. The van der Waals surface area contributed by atoms with Gasteiger partial charge in [0, 0.05) is 5.69 Å². The van der Waals surface area contributed by atoms with Crippen molar-refractivity contribution in [3.8, 4) is 0 Å². The van der Waals surface area contributed by atoms with Crippen LogP contribution in [0.1, 0.15) is 5.56 Å². The molecule has 6 heteroatoms. The van der Waals surface area contributed by atoms with Crippen molar-refractivity contribution in [1.29, 1.82) is 0 Å². The van der Waals surface area contributed by atoms with Crippen LogP contribution in [0.4, 0.5) is 10.1 Å². The average molecular weight is 392 g/mol. The molecule has 0 saturated carbocycles. The fourth-order valence-electron chi connectivity index (χ4n) is 3.01. The monoisotopic (exact) mass is 392 g/mol. The third-order valence-electron chi connectivity index (χ3n) is 4.33. The van der Waals surface area contributed by atoms with E-state index in [1.54, 1.807) is 12.1 Å². The highest BCUT2D eigenvalue weighted by molar-refractivity contribution is 7.99. The summed E-state index contributed by atoms with van der Waals surface area (Å²) in [4.78, 5) is 15.7. The molecule has 1 amide bonds. The van der Waals surface area contributed by atoms with Gasteiger partial charge in [0.15, 0.2) is 11.0 Å². The molecule has 0 unspecified atom stereocenters. The van der Waals surface area contributed by atoms with Crippen LogP contribution >= 0.6 is 11.8 Å². The number of aromatic nitrogens is 2. The Morgan fingerprint density at radius 1 is 0.964 bits per heavy atom. The molecule has 1 heterocycles. The summed E-state index contributed by atoms with van der Waals surface area (Å²) in [7, 11) is 0. The Morgan fingerprint density at radius 2 is 1.68 bits per heavy atom. The molecule has 4 nitrogen and oxygen atoms in total. The van der Waals surface area contributed by atoms with E-state index >= 15 is 0 Å². The van der Waals surface area contributed by atoms with Crippen LogP contribution in [0.3, 0.4) is 0 Å². The number of nitrogens with zero attached hydrogens (tertiary/aromatic N) is 1. The molecule has 0 aliphatic rings. The summed E-state index contributed by atoms with van der Waals surface area (Å²) in [5.41, 5.74) is 3.89. The van der Waals surface area contributed by atoms with Gasteiger partial charge in [-0.15, -0.1) is 0 Å². The van der Waals surface area contributed by atoms with Gasteiger partial charge in [0.25, 0.3) is 0 Å². The number of imidazole rings is 1. The number of amides is 1. The minimum Gasteiger partial charge on any atom is -0.325 e. The number of hydrogen-bond acceptors (Lipinski definition) is 2. The smallest absolute Gasteiger partial charge is 0.317 e. The second kappa shape index (κ2) is 8.27. The standard InChI is InChI=1S/C22H18FN3OS/c23-17-10-12-18(13-11-17)24-21(27)15-28-22-25-19-8-4-5-9-20(19)26(22)14-16-6-2-1-3-7-16/h1-13H,14-15H2,(H,24,27)/p+1. The van der Waals surface area contributed by atoms with Crippen molar-refractivity contribution in [2.24, 2.45) is 0 Å². The highest BCUT2D eigenvalue weighted by atomic mass is 32.2. The molecule has 4 aromatic rings. The van der Waals surface area contributed by atoms with E-state index in [2.05, 4.69) is 33.1 Å². The molecule has 2 N–H and O–H groups in total. The number of aromatic amines is 1. The molecule has 0 fully saturated rings. The number of anilines is 1. The van der Waals surface area contributed by atoms with Gasteiger partial charge in [-0.3, -0.25) is 4.79 Å². The maximum atomic E-state index is 13.0. The predicted octanol–water partition coefficient (Wildman–Crippen LogP) is 4.37. The predicted molar refractivity (Wildman–Crippen MR) is 110 cm³/mol. The van der Waals surface area contributed by atoms with Crippen LogP contribution in [0, 0.1) is 5.82 Å². The Bertz CT molecular complexity index is 1090. The number of fused-ring (bicyclic) bond motifs is 1. The Labute approximate surface area is 166 Å². The van der Waals surface area contributed by atoms with Crippen molar-refractivity contribution in [2.75, 3.05) is 11.1 Å². The molecule has 0 aliphatic carbocycles. The summed E-state index contributed by atoms with van der Waals surface area (Å²) < 4.78 is 15.2. The zero-order valence-corrected chi connectivity index (χ0v) is 15.9. The van der Waals surface area contributed by atoms with Gasteiger partial charge in [-0.25, -0.2) is 13.9 Å². The number of thioether (sulfide) groups is 1. The lowest BCUT2D eigenvalue weighted by Crippen LogP contribution is -2.35. The topological polar surface area (TPSA) is 48.8 Å². The molecule has 0 spiro atoms. The van der Waals surface area contributed by atoms with Crippen molar-refractivity contribution in [3.05, 3.63) is 90.2 Å². The van der Waals surface area contributed by atoms with E-state index in [1.807, 2.05) is 36.4 Å². The zero-order valence-electron chi connectivity index (χ0n) is 15.1. The second-order valence-corrected chi connectivity index (χ2v) is 7.33. The molecule has 140 valence electrons. The van der Waals surface area contributed by atoms with E-state index in [9.17, 15) is 9.18 Å². The summed E-state index contributed by atoms with van der Waals surface area (Å²) in [6.45, 7) is 0.715. The average Bonchev–Trinajstić information content (AvgIpc) is 3.06. The Hall–Kier alpha value is -3.12. The van der Waals surface area contributed by atoms with Crippen LogP contribution < -0.4 is 9.88 Å². The molecule has 0 aliphatic heterocycles. The van der Waals surface area contributed by atoms with Crippen molar-refractivity contribution < 1.29 is 13.8 Å². The number of nitrogens with one attached hydrogen (secondary N) is 2. The lowest BCUT2D eigenvalue weighted by molar-refractivity contribution is -0.700. The molecule has 4 rings (SSSR count). The molecule has 0 atom stereocenters. The number of para-hydroxylation sites is 2. The van der Waals surface area contributed by atoms with E-state index in [1.165, 1.54) is 29.5 Å². The molecule has 3 aromatic carbocycles. The van der Waals surface area contributed by atoms with Gasteiger partial charge >= 0.3 is 5.16 Å². The highest BCUT2D eigenvalue weighted by Gasteiger charge is 2.20. The Balaban J connectivity index is 1.52. The third kappa shape index (κ3) is 4.23. The summed E-state index contributed by atoms with van der Waals surface area (Å²) >= 11 is 1.44. The first kappa shape index (κ1) is 18.3. The molecule has 0 saturated heterocycles. The maximum absolute atomic E-state index is 13.0. The minimum atomic E-state index is -0.326. The number of carbonyl (C=O) groups excluding carboxylic acids is 1. The normalized spacial score (nSPS) is 10.9. The highest BCUT2D eigenvalue weighted by Crippen LogP contribution is 2.19. The van der Waals surface area contributed by atoms with Crippen LogP contribution in [-0.2, 0) is 11.3 Å². The lowest BCUT2D eigenvalue weighted by atomic mass is 10.2. The first-order valence-corrected chi connectivity index (χ1v) is 9.90. The van der Waals surface area contributed by atoms with Crippen LogP contribution in [-0.4, -0.2) is 16.6 Å². The minimum absolute atomic E-state index is 0.137. The van der Waals surface area contributed by atoms with Gasteiger partial charge in [0.2, 0.25) is 5.91 Å². The maximum Gasteiger partial charge on any atom is 0.317 e. The SMILES string of the molecule is O=C(CSc1[nH]c2ccccc2[n+]1Cc1ccccc1)Nc1ccc(F)cc1. The van der Waals surface area contributed by atoms with Crippen LogP contribution in [0.5, 0.6) is 0 Å². The number of H-pyrrole nitrogens is 1. The van der Waals surface area contributed by atoms with Gasteiger partial charge in [-0.1, -0.05) is 42.5 Å². The zero-order chi connectivity index (χ0) is 19.3.